The Bertz CT molecular complexity index is 746. The molecule has 6 heteroatoms. The first kappa shape index (κ1) is 19.3. The summed E-state index contributed by atoms with van der Waals surface area (Å²) in [5.41, 5.74) is 3.40. The van der Waals surface area contributed by atoms with Crippen molar-refractivity contribution in [3.8, 4) is 0 Å². The van der Waals surface area contributed by atoms with Crippen LogP contribution in [0.2, 0.25) is 0 Å². The van der Waals surface area contributed by atoms with Gasteiger partial charge in [0.05, 0.1) is 12.7 Å². The van der Waals surface area contributed by atoms with E-state index in [1.807, 2.05) is 13.0 Å². The Morgan fingerprint density at radius 3 is 2.56 bits per heavy atom. The van der Waals surface area contributed by atoms with Crippen molar-refractivity contribution in [2.24, 2.45) is 0 Å². The van der Waals surface area contributed by atoms with Crippen molar-refractivity contribution in [1.29, 1.82) is 0 Å². The standard InChI is InChI=1S/C19H22N2O2S2/c1-13-7-9-15(10-8-13)25-12-11-20-19(24)21-17-6-4-5-16(14(17)2)18(22)23-3/h4-10H,11-12H2,1-3H3,(H2,20,21,24). The predicted octanol–water partition coefficient (Wildman–Crippen LogP) is 4.17. The number of carbonyl (C=O) groups is 1. The number of aryl methyl sites for hydroxylation is 1. The normalized spacial score (nSPS) is 10.2. The molecule has 0 spiro atoms. The monoisotopic (exact) mass is 374 g/mol. The van der Waals surface area contributed by atoms with Crippen LogP contribution in [0.15, 0.2) is 47.4 Å². The van der Waals surface area contributed by atoms with Gasteiger partial charge in [-0.25, -0.2) is 4.79 Å². The van der Waals surface area contributed by atoms with Gasteiger partial charge in [-0.05, 0) is 55.9 Å². The van der Waals surface area contributed by atoms with Gasteiger partial charge in [-0.3, -0.25) is 0 Å². The summed E-state index contributed by atoms with van der Waals surface area (Å²) in [5.74, 6) is 0.557. The summed E-state index contributed by atoms with van der Waals surface area (Å²) in [5, 5.41) is 6.86. The van der Waals surface area contributed by atoms with E-state index >= 15 is 0 Å². The van der Waals surface area contributed by atoms with Crippen LogP contribution in [0, 0.1) is 13.8 Å². The van der Waals surface area contributed by atoms with Crippen LogP contribution in [0.3, 0.4) is 0 Å². The molecule has 0 unspecified atom stereocenters. The van der Waals surface area contributed by atoms with Crippen LogP contribution in [0.4, 0.5) is 5.69 Å². The van der Waals surface area contributed by atoms with Crippen LogP contribution in [0.1, 0.15) is 21.5 Å². The number of rotatable bonds is 6. The predicted molar refractivity (Wildman–Crippen MR) is 109 cm³/mol. The van der Waals surface area contributed by atoms with Crippen molar-refractivity contribution in [2.75, 3.05) is 24.7 Å². The zero-order valence-electron chi connectivity index (χ0n) is 14.6. The molecule has 0 heterocycles. The highest BCUT2D eigenvalue weighted by Gasteiger charge is 2.12. The molecule has 0 saturated heterocycles. The van der Waals surface area contributed by atoms with E-state index in [9.17, 15) is 4.79 Å². The molecule has 0 aliphatic carbocycles. The molecule has 0 amide bonds. The molecular weight excluding hydrogens is 352 g/mol. The average Bonchev–Trinajstić information content (AvgIpc) is 2.61. The maximum Gasteiger partial charge on any atom is 0.338 e. The van der Waals surface area contributed by atoms with Crippen molar-refractivity contribution in [1.82, 2.24) is 5.32 Å². The van der Waals surface area contributed by atoms with Crippen molar-refractivity contribution in [2.45, 2.75) is 18.7 Å². The number of carbonyl (C=O) groups excluding carboxylic acids is 1. The Balaban J connectivity index is 1.82. The fourth-order valence-electron chi connectivity index (χ4n) is 2.24. The van der Waals surface area contributed by atoms with Gasteiger partial charge in [-0.2, -0.15) is 0 Å². The summed E-state index contributed by atoms with van der Waals surface area (Å²) in [6, 6.07) is 13.9. The van der Waals surface area contributed by atoms with E-state index in [-0.39, 0.29) is 5.97 Å². The van der Waals surface area contributed by atoms with E-state index in [0.29, 0.717) is 10.7 Å². The fourth-order valence-corrected chi connectivity index (χ4v) is 3.22. The second kappa shape index (κ2) is 9.44. The number of hydrogen-bond donors (Lipinski definition) is 2. The minimum absolute atomic E-state index is 0.352. The molecule has 2 aromatic carbocycles. The Morgan fingerprint density at radius 1 is 1.16 bits per heavy atom. The lowest BCUT2D eigenvalue weighted by atomic mass is 10.1. The van der Waals surface area contributed by atoms with Crippen molar-refractivity contribution in [3.05, 3.63) is 59.2 Å². The maximum atomic E-state index is 11.7. The minimum Gasteiger partial charge on any atom is -0.465 e. The Hall–Kier alpha value is -2.05. The molecule has 4 nitrogen and oxygen atoms in total. The fraction of sp³-hybridized carbons (Fsp3) is 0.263. The average molecular weight is 375 g/mol. The molecule has 132 valence electrons. The van der Waals surface area contributed by atoms with Gasteiger partial charge in [0.15, 0.2) is 5.11 Å². The van der Waals surface area contributed by atoms with Gasteiger partial charge in [-0.1, -0.05) is 23.8 Å². The Kier molecular flexibility index (Phi) is 7.28. The van der Waals surface area contributed by atoms with E-state index in [4.69, 9.17) is 17.0 Å². The molecule has 25 heavy (non-hydrogen) atoms. The maximum absolute atomic E-state index is 11.7. The largest absolute Gasteiger partial charge is 0.465 e. The van der Waals surface area contributed by atoms with Crippen molar-refractivity contribution < 1.29 is 9.53 Å². The van der Waals surface area contributed by atoms with Gasteiger partial charge in [0.2, 0.25) is 0 Å². The number of hydrogen-bond acceptors (Lipinski definition) is 4. The van der Waals surface area contributed by atoms with Gasteiger partial charge >= 0.3 is 5.97 Å². The van der Waals surface area contributed by atoms with Crippen LogP contribution >= 0.6 is 24.0 Å². The summed E-state index contributed by atoms with van der Waals surface area (Å²) < 4.78 is 4.79. The summed E-state index contributed by atoms with van der Waals surface area (Å²) in [4.78, 5) is 13.0. The molecule has 2 rings (SSSR count). The molecule has 2 aromatic rings. The van der Waals surface area contributed by atoms with E-state index in [0.717, 1.165) is 23.5 Å². The molecule has 0 aliphatic heterocycles. The number of anilines is 1. The number of ether oxygens (including phenoxy) is 1. The number of benzene rings is 2. The van der Waals surface area contributed by atoms with Crippen LogP contribution in [-0.2, 0) is 4.74 Å². The summed E-state index contributed by atoms with van der Waals surface area (Å²) in [6.45, 7) is 4.70. The van der Waals surface area contributed by atoms with Crippen LogP contribution in [-0.4, -0.2) is 30.5 Å². The minimum atomic E-state index is -0.352. The second-order valence-corrected chi connectivity index (χ2v) is 7.09. The van der Waals surface area contributed by atoms with Gasteiger partial charge in [-0.15, -0.1) is 11.8 Å². The van der Waals surface area contributed by atoms with E-state index in [1.54, 1.807) is 23.9 Å². The molecule has 2 N–H and O–H groups in total. The highest BCUT2D eigenvalue weighted by Crippen LogP contribution is 2.20. The first-order valence-electron chi connectivity index (χ1n) is 7.93. The van der Waals surface area contributed by atoms with E-state index in [1.165, 1.54) is 17.6 Å². The highest BCUT2D eigenvalue weighted by molar-refractivity contribution is 7.99. The molecule has 0 aromatic heterocycles. The Morgan fingerprint density at radius 2 is 1.88 bits per heavy atom. The van der Waals surface area contributed by atoms with Gasteiger partial charge in [0.1, 0.15) is 0 Å². The van der Waals surface area contributed by atoms with Crippen LogP contribution in [0.5, 0.6) is 0 Å². The lowest BCUT2D eigenvalue weighted by molar-refractivity contribution is 0.0600. The van der Waals surface area contributed by atoms with Crippen LogP contribution in [0.25, 0.3) is 0 Å². The molecule has 0 radical (unpaired) electrons. The third-order valence-electron chi connectivity index (χ3n) is 3.66. The smallest absolute Gasteiger partial charge is 0.338 e. The van der Waals surface area contributed by atoms with Gasteiger partial charge in [0, 0.05) is 22.9 Å². The molecule has 0 saturated carbocycles. The summed E-state index contributed by atoms with van der Waals surface area (Å²) in [6.07, 6.45) is 0. The second-order valence-electron chi connectivity index (χ2n) is 5.51. The number of methoxy groups -OCH3 is 1. The summed E-state index contributed by atoms with van der Waals surface area (Å²) >= 11 is 7.11. The topological polar surface area (TPSA) is 50.4 Å². The zero-order chi connectivity index (χ0) is 18.2. The first-order chi connectivity index (χ1) is 12.0. The molecule has 0 aliphatic rings. The molecular formula is C19H22N2O2S2. The lowest BCUT2D eigenvalue weighted by Crippen LogP contribution is -2.30. The molecule has 0 fully saturated rings. The number of nitrogens with one attached hydrogen (secondary N) is 2. The van der Waals surface area contributed by atoms with Crippen LogP contribution < -0.4 is 10.6 Å². The number of thioether (sulfide) groups is 1. The highest BCUT2D eigenvalue weighted by atomic mass is 32.2. The third-order valence-corrected chi connectivity index (χ3v) is 4.92. The zero-order valence-corrected chi connectivity index (χ0v) is 16.2. The van der Waals surface area contributed by atoms with E-state index < -0.39 is 0 Å². The first-order valence-corrected chi connectivity index (χ1v) is 9.33. The lowest BCUT2D eigenvalue weighted by Gasteiger charge is -2.14. The van der Waals surface area contributed by atoms with Crippen molar-refractivity contribution >= 4 is 40.7 Å². The van der Waals surface area contributed by atoms with Gasteiger partial charge < -0.3 is 15.4 Å². The number of thiocarbonyl (C=S) groups is 1. The SMILES string of the molecule is COC(=O)c1cccc(NC(=S)NCCSc2ccc(C)cc2)c1C. The summed E-state index contributed by atoms with van der Waals surface area (Å²) in [7, 11) is 1.37. The van der Waals surface area contributed by atoms with Gasteiger partial charge in [0.25, 0.3) is 0 Å². The van der Waals surface area contributed by atoms with E-state index in [2.05, 4.69) is 41.8 Å². The number of esters is 1. The Labute approximate surface area is 158 Å². The third kappa shape index (κ3) is 5.76. The molecule has 0 atom stereocenters. The van der Waals surface area contributed by atoms with Crippen molar-refractivity contribution in [3.63, 3.8) is 0 Å². The quantitative estimate of drug-likeness (QED) is 0.343. The molecule has 0 bridgehead atoms.